The van der Waals surface area contributed by atoms with Crippen molar-refractivity contribution in [2.45, 2.75) is 0 Å². The van der Waals surface area contributed by atoms with Gasteiger partial charge in [0.15, 0.2) is 0 Å². The van der Waals surface area contributed by atoms with Gasteiger partial charge in [0.1, 0.15) is 0 Å². The number of benzene rings is 1. The van der Waals surface area contributed by atoms with Crippen LogP contribution in [0.5, 0.6) is 0 Å². The highest BCUT2D eigenvalue weighted by Gasteiger charge is 2.07. The summed E-state index contributed by atoms with van der Waals surface area (Å²) in [5, 5.41) is 0.248. The lowest BCUT2D eigenvalue weighted by molar-refractivity contribution is 0.109. The van der Waals surface area contributed by atoms with Crippen LogP contribution < -0.4 is 0 Å². The Kier molecular flexibility index (Phi) is 2.82. The molecule has 0 bridgehead atoms. The van der Waals surface area contributed by atoms with Gasteiger partial charge in [-0.15, -0.1) is 12.6 Å². The maximum Gasteiger partial charge on any atom is 0.217 e. The van der Waals surface area contributed by atoms with E-state index in [1.54, 1.807) is 18.2 Å². The fourth-order valence-electron chi connectivity index (χ4n) is 0.669. The van der Waals surface area contributed by atoms with Crippen LogP contribution in [0.3, 0.4) is 0 Å². The molecular formula is C7H4Cl2OS. The molecule has 1 nitrogen and oxygen atoms in total. The Bertz CT molecular complexity index is 298. The Morgan fingerprint density at radius 1 is 1.36 bits per heavy atom. The second-order valence-corrected chi connectivity index (χ2v) is 3.10. The summed E-state index contributed by atoms with van der Waals surface area (Å²) < 4.78 is 0. The van der Waals surface area contributed by atoms with Gasteiger partial charge in [0.2, 0.25) is 5.12 Å². The van der Waals surface area contributed by atoms with Crippen molar-refractivity contribution >= 4 is 40.9 Å². The number of hydrogen-bond acceptors (Lipinski definition) is 1. The van der Waals surface area contributed by atoms with E-state index in [4.69, 9.17) is 23.2 Å². The van der Waals surface area contributed by atoms with E-state index in [-0.39, 0.29) is 10.1 Å². The van der Waals surface area contributed by atoms with Gasteiger partial charge >= 0.3 is 0 Å². The molecule has 58 valence electrons. The van der Waals surface area contributed by atoms with Crippen molar-refractivity contribution < 1.29 is 4.79 Å². The molecule has 11 heavy (non-hydrogen) atoms. The molecule has 0 radical (unpaired) electrons. The van der Waals surface area contributed by atoms with Gasteiger partial charge in [-0.1, -0.05) is 29.3 Å². The highest BCUT2D eigenvalue weighted by molar-refractivity contribution is 7.97. The molecule has 0 unspecified atom stereocenters. The predicted molar refractivity (Wildman–Crippen MR) is 49.8 cm³/mol. The molecular weight excluding hydrogens is 203 g/mol. The van der Waals surface area contributed by atoms with Gasteiger partial charge < -0.3 is 0 Å². The average molecular weight is 207 g/mol. The summed E-state index contributed by atoms with van der Waals surface area (Å²) in [4.78, 5) is 10.7. The first-order chi connectivity index (χ1) is 5.13. The van der Waals surface area contributed by atoms with Crippen molar-refractivity contribution in [3.63, 3.8) is 0 Å². The Labute approximate surface area is 79.7 Å². The Balaban J connectivity index is 3.27. The minimum Gasteiger partial charge on any atom is -0.282 e. The third kappa shape index (κ3) is 1.89. The standard InChI is InChI=1S/C7H4Cl2OS/c8-5-3-1-2-4(6(5)9)7(10)11/h1-3H,(H,10,11). The Morgan fingerprint density at radius 3 is 2.45 bits per heavy atom. The van der Waals surface area contributed by atoms with Crippen LogP contribution in [-0.2, 0) is 0 Å². The fourth-order valence-corrected chi connectivity index (χ4v) is 1.31. The summed E-state index contributed by atoms with van der Waals surface area (Å²) in [7, 11) is 0. The number of halogens is 2. The first kappa shape index (κ1) is 8.91. The number of hydrogen-bond donors (Lipinski definition) is 1. The average Bonchev–Trinajstić information content (AvgIpc) is 1.94. The zero-order valence-corrected chi connectivity index (χ0v) is 7.75. The van der Waals surface area contributed by atoms with E-state index in [1.807, 2.05) is 0 Å². The van der Waals surface area contributed by atoms with Crippen molar-refractivity contribution in [1.29, 1.82) is 0 Å². The van der Waals surface area contributed by atoms with Crippen molar-refractivity contribution in [3.05, 3.63) is 33.8 Å². The van der Waals surface area contributed by atoms with Gasteiger partial charge in [0, 0.05) is 5.56 Å². The van der Waals surface area contributed by atoms with Crippen molar-refractivity contribution in [2.75, 3.05) is 0 Å². The summed E-state index contributed by atoms with van der Waals surface area (Å²) in [5.74, 6) is 0. The number of carbonyl (C=O) groups excluding carboxylic acids is 1. The van der Waals surface area contributed by atoms with Crippen LogP contribution >= 0.6 is 35.8 Å². The zero-order valence-electron chi connectivity index (χ0n) is 5.34. The first-order valence-corrected chi connectivity index (χ1v) is 4.00. The van der Waals surface area contributed by atoms with E-state index in [1.165, 1.54) is 0 Å². The normalized spacial score (nSPS) is 9.73. The molecule has 0 aliphatic carbocycles. The lowest BCUT2D eigenvalue weighted by Gasteiger charge is -1.98. The van der Waals surface area contributed by atoms with Crippen LogP contribution in [0.1, 0.15) is 10.4 Å². The van der Waals surface area contributed by atoms with Crippen molar-refractivity contribution in [1.82, 2.24) is 0 Å². The molecule has 0 aliphatic heterocycles. The van der Waals surface area contributed by atoms with Crippen LogP contribution in [0.25, 0.3) is 0 Å². The van der Waals surface area contributed by atoms with E-state index in [9.17, 15) is 4.79 Å². The van der Waals surface area contributed by atoms with Gasteiger partial charge in [0.05, 0.1) is 10.0 Å². The molecule has 0 N–H and O–H groups in total. The molecule has 0 aromatic heterocycles. The molecule has 0 fully saturated rings. The lowest BCUT2D eigenvalue weighted by atomic mass is 10.2. The molecule has 0 saturated heterocycles. The summed E-state index contributed by atoms with van der Waals surface area (Å²) in [6.07, 6.45) is 0. The zero-order chi connectivity index (χ0) is 8.43. The maximum absolute atomic E-state index is 10.7. The van der Waals surface area contributed by atoms with Crippen LogP contribution in [0.2, 0.25) is 10.0 Å². The Morgan fingerprint density at radius 2 is 2.00 bits per heavy atom. The Hall–Kier alpha value is -0.180. The summed E-state index contributed by atoms with van der Waals surface area (Å²) in [6.45, 7) is 0. The molecule has 0 amide bonds. The molecule has 1 rings (SSSR count). The number of thiol groups is 1. The van der Waals surface area contributed by atoms with E-state index in [0.717, 1.165) is 0 Å². The topological polar surface area (TPSA) is 17.1 Å². The second-order valence-electron chi connectivity index (χ2n) is 1.91. The smallest absolute Gasteiger partial charge is 0.217 e. The third-order valence-corrected chi connectivity index (χ3v) is 2.24. The summed E-state index contributed by atoms with van der Waals surface area (Å²) >= 11 is 14.9. The molecule has 0 spiro atoms. The van der Waals surface area contributed by atoms with Crippen LogP contribution in [0, 0.1) is 0 Å². The fraction of sp³-hybridized carbons (Fsp3) is 0. The lowest BCUT2D eigenvalue weighted by Crippen LogP contribution is -1.89. The quantitative estimate of drug-likeness (QED) is 0.700. The highest BCUT2D eigenvalue weighted by Crippen LogP contribution is 2.26. The van der Waals surface area contributed by atoms with Gasteiger partial charge in [-0.3, -0.25) is 4.79 Å². The third-order valence-electron chi connectivity index (χ3n) is 1.18. The molecule has 1 aromatic rings. The molecule has 0 saturated carbocycles. The van der Waals surface area contributed by atoms with E-state index < -0.39 is 0 Å². The maximum atomic E-state index is 10.7. The second kappa shape index (κ2) is 3.48. The highest BCUT2D eigenvalue weighted by atomic mass is 35.5. The SMILES string of the molecule is O=C(S)c1cccc(Cl)c1Cl. The first-order valence-electron chi connectivity index (χ1n) is 2.80. The molecule has 0 atom stereocenters. The summed E-state index contributed by atoms with van der Waals surface area (Å²) in [6, 6.07) is 4.84. The van der Waals surface area contributed by atoms with Crippen molar-refractivity contribution in [2.24, 2.45) is 0 Å². The minimum atomic E-state index is -0.377. The number of carbonyl (C=O) groups is 1. The van der Waals surface area contributed by atoms with Gasteiger partial charge in [0.25, 0.3) is 0 Å². The predicted octanol–water partition coefficient (Wildman–Crippen LogP) is 3.06. The monoisotopic (exact) mass is 206 g/mol. The van der Waals surface area contributed by atoms with Gasteiger partial charge in [-0.2, -0.15) is 0 Å². The van der Waals surface area contributed by atoms with E-state index in [0.29, 0.717) is 10.6 Å². The van der Waals surface area contributed by atoms with Gasteiger partial charge in [-0.05, 0) is 12.1 Å². The van der Waals surface area contributed by atoms with Crippen LogP contribution in [0.4, 0.5) is 0 Å². The van der Waals surface area contributed by atoms with Crippen LogP contribution in [-0.4, -0.2) is 5.12 Å². The molecule has 1 aromatic carbocycles. The van der Waals surface area contributed by atoms with Crippen molar-refractivity contribution in [3.8, 4) is 0 Å². The molecule has 0 heterocycles. The minimum absolute atomic E-state index is 0.258. The molecule has 0 aliphatic rings. The molecule has 4 heteroatoms. The summed E-state index contributed by atoms with van der Waals surface area (Å²) in [5.41, 5.74) is 0.336. The van der Waals surface area contributed by atoms with E-state index >= 15 is 0 Å². The van der Waals surface area contributed by atoms with E-state index in [2.05, 4.69) is 12.6 Å². The van der Waals surface area contributed by atoms with Crippen LogP contribution in [0.15, 0.2) is 18.2 Å². The largest absolute Gasteiger partial charge is 0.282 e. The van der Waals surface area contributed by atoms with Gasteiger partial charge in [-0.25, -0.2) is 0 Å². The number of rotatable bonds is 1.